The van der Waals surface area contributed by atoms with Crippen LogP contribution in [0.25, 0.3) is 0 Å². The maximum Gasteiger partial charge on any atom is 0.410 e. The summed E-state index contributed by atoms with van der Waals surface area (Å²) in [6.07, 6.45) is 0.450. The lowest BCUT2D eigenvalue weighted by atomic mass is 9.86. The standard InChI is InChI=1S/C17H24ClN3O3/c1-16(2,3)24-15(23)21-9-7-17(8-10-21,14(19)22)20-13-6-4-5-12(18)11-13/h4-6,11,20H,7-10H2,1-3H3,(H2,19,22). The van der Waals surface area contributed by atoms with Gasteiger partial charge in [0.05, 0.1) is 0 Å². The number of hydrogen-bond donors (Lipinski definition) is 2. The summed E-state index contributed by atoms with van der Waals surface area (Å²) in [7, 11) is 0. The van der Waals surface area contributed by atoms with Crippen LogP contribution >= 0.6 is 11.6 Å². The fourth-order valence-corrected chi connectivity index (χ4v) is 2.86. The highest BCUT2D eigenvalue weighted by Gasteiger charge is 2.41. The molecule has 6 nitrogen and oxygen atoms in total. The first kappa shape index (κ1) is 18.4. The number of benzene rings is 1. The predicted molar refractivity (Wildman–Crippen MR) is 94.0 cm³/mol. The number of amides is 2. The lowest BCUT2D eigenvalue weighted by molar-refractivity contribution is -0.123. The molecule has 24 heavy (non-hydrogen) atoms. The molecule has 0 aliphatic carbocycles. The van der Waals surface area contributed by atoms with Crippen molar-refractivity contribution in [2.45, 2.75) is 44.8 Å². The summed E-state index contributed by atoms with van der Waals surface area (Å²) in [6, 6.07) is 7.13. The molecule has 132 valence electrons. The summed E-state index contributed by atoms with van der Waals surface area (Å²) >= 11 is 5.99. The Morgan fingerprint density at radius 1 is 1.29 bits per heavy atom. The molecule has 2 amide bonds. The van der Waals surface area contributed by atoms with E-state index in [1.54, 1.807) is 23.1 Å². The van der Waals surface area contributed by atoms with E-state index in [1.807, 2.05) is 26.8 Å². The van der Waals surface area contributed by atoms with Gasteiger partial charge in [-0.15, -0.1) is 0 Å². The van der Waals surface area contributed by atoms with Crippen molar-refractivity contribution in [1.82, 2.24) is 4.90 Å². The minimum Gasteiger partial charge on any atom is -0.444 e. The van der Waals surface area contributed by atoms with Crippen LogP contribution in [0.5, 0.6) is 0 Å². The zero-order valence-corrected chi connectivity index (χ0v) is 15.0. The second-order valence-electron chi connectivity index (χ2n) is 7.05. The smallest absolute Gasteiger partial charge is 0.410 e. The molecule has 0 spiro atoms. The molecular weight excluding hydrogens is 330 g/mol. The molecule has 0 aromatic heterocycles. The van der Waals surface area contributed by atoms with Crippen molar-refractivity contribution in [3.8, 4) is 0 Å². The Morgan fingerprint density at radius 2 is 1.92 bits per heavy atom. The van der Waals surface area contributed by atoms with Gasteiger partial charge in [0.15, 0.2) is 0 Å². The van der Waals surface area contributed by atoms with Crippen molar-refractivity contribution in [2.24, 2.45) is 5.73 Å². The van der Waals surface area contributed by atoms with Crippen LogP contribution < -0.4 is 11.1 Å². The van der Waals surface area contributed by atoms with Gasteiger partial charge in [-0.3, -0.25) is 4.79 Å². The predicted octanol–water partition coefficient (Wildman–Crippen LogP) is 3.01. The van der Waals surface area contributed by atoms with Gasteiger partial charge in [0.25, 0.3) is 0 Å². The van der Waals surface area contributed by atoms with E-state index in [0.29, 0.717) is 31.0 Å². The van der Waals surface area contributed by atoms with Crippen molar-refractivity contribution in [3.05, 3.63) is 29.3 Å². The highest BCUT2D eigenvalue weighted by atomic mass is 35.5. The third-order valence-corrected chi connectivity index (χ3v) is 4.18. The maximum absolute atomic E-state index is 12.1. The van der Waals surface area contributed by atoms with E-state index in [4.69, 9.17) is 22.1 Å². The number of halogens is 1. The molecule has 1 heterocycles. The van der Waals surface area contributed by atoms with Gasteiger partial charge in [-0.25, -0.2) is 4.79 Å². The first-order valence-corrected chi connectivity index (χ1v) is 8.31. The van der Waals surface area contributed by atoms with E-state index in [1.165, 1.54) is 0 Å². The Kier molecular flexibility index (Phi) is 5.28. The molecule has 1 aromatic carbocycles. The molecule has 1 aliphatic heterocycles. The molecule has 0 radical (unpaired) electrons. The van der Waals surface area contributed by atoms with E-state index in [-0.39, 0.29) is 6.09 Å². The van der Waals surface area contributed by atoms with Crippen molar-refractivity contribution >= 4 is 29.3 Å². The number of anilines is 1. The molecule has 0 bridgehead atoms. The fraction of sp³-hybridized carbons (Fsp3) is 0.529. The van der Waals surface area contributed by atoms with E-state index < -0.39 is 17.0 Å². The number of carbonyl (C=O) groups excluding carboxylic acids is 2. The number of primary amides is 1. The molecule has 0 unspecified atom stereocenters. The molecule has 3 N–H and O–H groups in total. The highest BCUT2D eigenvalue weighted by Crippen LogP contribution is 2.29. The SMILES string of the molecule is CC(C)(C)OC(=O)N1CCC(Nc2cccc(Cl)c2)(C(N)=O)CC1. The van der Waals surface area contributed by atoms with Crippen LogP contribution in [0.2, 0.25) is 5.02 Å². The quantitative estimate of drug-likeness (QED) is 0.874. The van der Waals surface area contributed by atoms with Gasteiger partial charge >= 0.3 is 6.09 Å². The Hall–Kier alpha value is -1.95. The summed E-state index contributed by atoms with van der Waals surface area (Å²) in [4.78, 5) is 25.8. The fourth-order valence-electron chi connectivity index (χ4n) is 2.67. The number of likely N-dealkylation sites (tertiary alicyclic amines) is 1. The maximum atomic E-state index is 12.1. The number of nitrogens with zero attached hydrogens (tertiary/aromatic N) is 1. The van der Waals surface area contributed by atoms with E-state index in [0.717, 1.165) is 5.69 Å². The van der Waals surface area contributed by atoms with E-state index in [2.05, 4.69) is 5.32 Å². The van der Waals surface area contributed by atoms with Gasteiger partial charge in [-0.1, -0.05) is 17.7 Å². The first-order chi connectivity index (χ1) is 11.1. The van der Waals surface area contributed by atoms with Crippen molar-refractivity contribution in [1.29, 1.82) is 0 Å². The number of rotatable bonds is 3. The normalized spacial score (nSPS) is 17.2. The average Bonchev–Trinajstić information content (AvgIpc) is 2.46. The monoisotopic (exact) mass is 353 g/mol. The molecule has 0 saturated carbocycles. The van der Waals surface area contributed by atoms with Gasteiger partial charge in [0, 0.05) is 23.8 Å². The lowest BCUT2D eigenvalue weighted by Crippen LogP contribution is -2.58. The van der Waals surface area contributed by atoms with Gasteiger partial charge in [0.1, 0.15) is 11.1 Å². The Labute approximate surface area is 147 Å². The lowest BCUT2D eigenvalue weighted by Gasteiger charge is -2.41. The number of carbonyl (C=O) groups is 2. The average molecular weight is 354 g/mol. The summed E-state index contributed by atoms with van der Waals surface area (Å²) in [6.45, 7) is 6.26. The first-order valence-electron chi connectivity index (χ1n) is 7.93. The van der Waals surface area contributed by atoms with Gasteiger partial charge in [0.2, 0.25) is 5.91 Å². The van der Waals surface area contributed by atoms with Crippen LogP contribution in [0.1, 0.15) is 33.6 Å². The van der Waals surface area contributed by atoms with Crippen molar-refractivity contribution < 1.29 is 14.3 Å². The summed E-state index contributed by atoms with van der Waals surface area (Å²) in [5.41, 5.74) is 4.92. The zero-order valence-electron chi connectivity index (χ0n) is 14.3. The van der Waals surface area contributed by atoms with Crippen molar-refractivity contribution in [2.75, 3.05) is 18.4 Å². The molecule has 1 aliphatic rings. The minimum absolute atomic E-state index is 0.372. The third kappa shape index (κ3) is 4.54. The number of nitrogens with two attached hydrogens (primary N) is 1. The topological polar surface area (TPSA) is 84.7 Å². The van der Waals surface area contributed by atoms with Crippen LogP contribution in [0, 0.1) is 0 Å². The molecule has 1 aromatic rings. The molecule has 1 fully saturated rings. The van der Waals surface area contributed by atoms with Crippen LogP contribution in [-0.4, -0.2) is 41.1 Å². The molecule has 0 atom stereocenters. The highest BCUT2D eigenvalue weighted by molar-refractivity contribution is 6.30. The summed E-state index contributed by atoms with van der Waals surface area (Å²) in [5.74, 6) is -0.439. The second kappa shape index (κ2) is 6.89. The van der Waals surface area contributed by atoms with Gasteiger partial charge in [-0.2, -0.15) is 0 Å². The number of hydrogen-bond acceptors (Lipinski definition) is 4. The van der Waals surface area contributed by atoms with Crippen molar-refractivity contribution in [3.63, 3.8) is 0 Å². The molecular formula is C17H24ClN3O3. The van der Waals surface area contributed by atoms with Gasteiger partial charge < -0.3 is 20.7 Å². The Balaban J connectivity index is 2.06. The van der Waals surface area contributed by atoms with E-state index >= 15 is 0 Å². The van der Waals surface area contributed by atoms with Gasteiger partial charge in [-0.05, 0) is 51.8 Å². The Morgan fingerprint density at radius 3 is 2.42 bits per heavy atom. The van der Waals surface area contributed by atoms with Crippen LogP contribution in [0.4, 0.5) is 10.5 Å². The minimum atomic E-state index is -0.900. The Bertz CT molecular complexity index is 620. The number of piperidine rings is 1. The number of ether oxygens (including phenoxy) is 1. The largest absolute Gasteiger partial charge is 0.444 e. The molecule has 2 rings (SSSR count). The second-order valence-corrected chi connectivity index (χ2v) is 7.49. The zero-order chi connectivity index (χ0) is 18.0. The number of nitrogens with one attached hydrogen (secondary N) is 1. The third-order valence-electron chi connectivity index (χ3n) is 3.95. The summed E-state index contributed by atoms with van der Waals surface area (Å²) < 4.78 is 5.37. The van der Waals surface area contributed by atoms with Crippen LogP contribution in [0.15, 0.2) is 24.3 Å². The van der Waals surface area contributed by atoms with Crippen LogP contribution in [0.3, 0.4) is 0 Å². The summed E-state index contributed by atoms with van der Waals surface area (Å²) in [5, 5.41) is 3.78. The molecule has 7 heteroatoms. The molecule has 1 saturated heterocycles. The van der Waals surface area contributed by atoms with Crippen LogP contribution in [-0.2, 0) is 9.53 Å². The van der Waals surface area contributed by atoms with E-state index in [9.17, 15) is 9.59 Å².